The molecule has 92 valence electrons. The molecule has 0 radical (unpaired) electrons. The van der Waals surface area contributed by atoms with Crippen LogP contribution >= 0.6 is 0 Å². The third-order valence-corrected chi connectivity index (χ3v) is 1.58. The summed E-state index contributed by atoms with van der Waals surface area (Å²) in [6.07, 6.45) is 0.354. The standard InChI is InChI=1S/C9H8O4.C2H4O2/c10-5-7-2-1-6(3-8(7)11)4-9(12)13;1-2(3)4/h1-3,5,11H,4H2,(H,12,13);1H3,(H,3,4). The van der Waals surface area contributed by atoms with Crippen LogP contribution in [0.5, 0.6) is 5.75 Å². The van der Waals surface area contributed by atoms with E-state index in [9.17, 15) is 14.7 Å². The first-order chi connectivity index (χ1) is 7.86. The zero-order valence-corrected chi connectivity index (χ0v) is 9.08. The van der Waals surface area contributed by atoms with Gasteiger partial charge in [0.05, 0.1) is 12.0 Å². The highest BCUT2D eigenvalue weighted by Gasteiger charge is 2.04. The predicted octanol–water partition coefficient (Wildman–Crippen LogP) is 0.923. The van der Waals surface area contributed by atoms with Crippen LogP contribution in [0, 0.1) is 0 Å². The SMILES string of the molecule is CC(=O)O.O=Cc1ccc(CC(=O)O)cc1O. The first-order valence-electron chi connectivity index (χ1n) is 4.55. The van der Waals surface area contributed by atoms with Gasteiger partial charge in [0.25, 0.3) is 5.97 Å². The van der Waals surface area contributed by atoms with E-state index in [2.05, 4.69) is 0 Å². The summed E-state index contributed by atoms with van der Waals surface area (Å²) in [5, 5.41) is 25.0. The summed E-state index contributed by atoms with van der Waals surface area (Å²) in [5.41, 5.74) is 0.629. The minimum Gasteiger partial charge on any atom is -0.507 e. The van der Waals surface area contributed by atoms with E-state index in [0.717, 1.165) is 6.92 Å². The molecule has 0 atom stereocenters. The Bertz CT molecular complexity index is 420. The van der Waals surface area contributed by atoms with Crippen LogP contribution in [0.15, 0.2) is 18.2 Å². The van der Waals surface area contributed by atoms with E-state index in [-0.39, 0.29) is 17.7 Å². The molecule has 0 saturated carbocycles. The maximum absolute atomic E-state index is 10.3. The monoisotopic (exact) mass is 240 g/mol. The quantitative estimate of drug-likeness (QED) is 0.677. The highest BCUT2D eigenvalue weighted by Crippen LogP contribution is 2.16. The minimum absolute atomic E-state index is 0.160. The Morgan fingerprint density at radius 1 is 1.29 bits per heavy atom. The first kappa shape index (κ1) is 14.6. The van der Waals surface area contributed by atoms with Crippen molar-refractivity contribution in [2.45, 2.75) is 13.3 Å². The minimum atomic E-state index is -0.974. The van der Waals surface area contributed by atoms with Crippen molar-refractivity contribution in [3.8, 4) is 5.75 Å². The zero-order valence-electron chi connectivity index (χ0n) is 9.08. The molecule has 0 fully saturated rings. The summed E-state index contributed by atoms with van der Waals surface area (Å²) < 4.78 is 0. The van der Waals surface area contributed by atoms with Gasteiger partial charge in [-0.3, -0.25) is 14.4 Å². The topological polar surface area (TPSA) is 112 Å². The van der Waals surface area contributed by atoms with Crippen LogP contribution in [0.1, 0.15) is 22.8 Å². The van der Waals surface area contributed by atoms with Crippen LogP contribution < -0.4 is 0 Å². The number of carboxylic acid groups (broad SMARTS) is 2. The fraction of sp³-hybridized carbons (Fsp3) is 0.182. The molecule has 1 aromatic rings. The lowest BCUT2D eigenvalue weighted by Gasteiger charge is -1.99. The molecule has 1 aromatic carbocycles. The van der Waals surface area contributed by atoms with Gasteiger partial charge in [0.2, 0.25) is 0 Å². The molecule has 0 aliphatic heterocycles. The number of aldehydes is 1. The molecule has 0 amide bonds. The average Bonchev–Trinajstić information content (AvgIpc) is 2.16. The summed E-state index contributed by atoms with van der Waals surface area (Å²) in [4.78, 5) is 29.6. The van der Waals surface area contributed by atoms with Crippen molar-refractivity contribution in [1.29, 1.82) is 0 Å². The molecule has 0 saturated heterocycles. The molecule has 0 aromatic heterocycles. The number of phenols is 1. The van der Waals surface area contributed by atoms with Crippen molar-refractivity contribution < 1.29 is 29.7 Å². The van der Waals surface area contributed by atoms with Gasteiger partial charge >= 0.3 is 5.97 Å². The molecule has 3 N–H and O–H groups in total. The van der Waals surface area contributed by atoms with Crippen molar-refractivity contribution in [3.05, 3.63) is 29.3 Å². The number of aliphatic carboxylic acids is 2. The molecular formula is C11H12O6. The maximum atomic E-state index is 10.3. The molecule has 0 unspecified atom stereocenters. The van der Waals surface area contributed by atoms with Gasteiger partial charge in [-0.25, -0.2) is 0 Å². The van der Waals surface area contributed by atoms with Gasteiger partial charge in [-0.2, -0.15) is 0 Å². The van der Waals surface area contributed by atoms with Crippen molar-refractivity contribution in [1.82, 2.24) is 0 Å². The summed E-state index contributed by atoms with van der Waals surface area (Å²) in [6.45, 7) is 1.08. The fourth-order valence-electron chi connectivity index (χ4n) is 0.973. The van der Waals surface area contributed by atoms with E-state index < -0.39 is 11.9 Å². The van der Waals surface area contributed by atoms with E-state index >= 15 is 0 Å². The number of carbonyl (C=O) groups is 3. The third kappa shape index (κ3) is 6.67. The average molecular weight is 240 g/mol. The molecule has 0 aliphatic carbocycles. The Labute approximate surface area is 97.1 Å². The number of carbonyl (C=O) groups excluding carboxylic acids is 1. The molecule has 17 heavy (non-hydrogen) atoms. The summed E-state index contributed by atoms with van der Waals surface area (Å²) in [5.74, 6) is -1.99. The summed E-state index contributed by atoms with van der Waals surface area (Å²) >= 11 is 0. The number of hydrogen-bond acceptors (Lipinski definition) is 4. The van der Waals surface area contributed by atoms with Crippen molar-refractivity contribution in [2.24, 2.45) is 0 Å². The Morgan fingerprint density at radius 2 is 1.82 bits per heavy atom. The highest BCUT2D eigenvalue weighted by molar-refractivity contribution is 5.79. The molecule has 6 heteroatoms. The van der Waals surface area contributed by atoms with Gasteiger partial charge in [-0.1, -0.05) is 6.07 Å². The van der Waals surface area contributed by atoms with Crippen LogP contribution in [0.2, 0.25) is 0 Å². The van der Waals surface area contributed by atoms with Crippen LogP contribution in [0.4, 0.5) is 0 Å². The van der Waals surface area contributed by atoms with Crippen LogP contribution in [-0.2, 0) is 16.0 Å². The van der Waals surface area contributed by atoms with E-state index in [1.165, 1.54) is 18.2 Å². The maximum Gasteiger partial charge on any atom is 0.307 e. The second kappa shape index (κ2) is 7.00. The second-order valence-corrected chi connectivity index (χ2v) is 3.10. The van der Waals surface area contributed by atoms with E-state index in [0.29, 0.717) is 11.8 Å². The number of phenolic OH excluding ortho intramolecular Hbond substituents is 1. The van der Waals surface area contributed by atoms with Gasteiger partial charge in [-0.15, -0.1) is 0 Å². The number of rotatable bonds is 3. The fourth-order valence-corrected chi connectivity index (χ4v) is 0.973. The third-order valence-electron chi connectivity index (χ3n) is 1.58. The van der Waals surface area contributed by atoms with Crippen molar-refractivity contribution >= 4 is 18.2 Å². The summed E-state index contributed by atoms with van der Waals surface area (Å²) in [7, 11) is 0. The van der Waals surface area contributed by atoms with Gasteiger partial charge in [0, 0.05) is 6.92 Å². The molecule has 0 bridgehead atoms. The first-order valence-corrected chi connectivity index (χ1v) is 4.55. The highest BCUT2D eigenvalue weighted by atomic mass is 16.4. The number of carboxylic acids is 2. The van der Waals surface area contributed by atoms with E-state index in [1.54, 1.807) is 0 Å². The Morgan fingerprint density at radius 3 is 2.18 bits per heavy atom. The normalized spacial score (nSPS) is 8.76. The van der Waals surface area contributed by atoms with Gasteiger partial charge in [0.15, 0.2) is 6.29 Å². The van der Waals surface area contributed by atoms with Gasteiger partial charge in [-0.05, 0) is 17.7 Å². The molecule has 1 rings (SSSR count). The van der Waals surface area contributed by atoms with Gasteiger partial charge < -0.3 is 15.3 Å². The molecule has 0 spiro atoms. The number of hydrogen-bond donors (Lipinski definition) is 3. The molecule has 0 heterocycles. The molecular weight excluding hydrogens is 228 g/mol. The van der Waals surface area contributed by atoms with Crippen molar-refractivity contribution in [2.75, 3.05) is 0 Å². The molecule has 0 aliphatic rings. The van der Waals surface area contributed by atoms with E-state index in [1.807, 2.05) is 0 Å². The Balaban J connectivity index is 0.000000557. The number of benzene rings is 1. The number of aromatic hydroxyl groups is 1. The van der Waals surface area contributed by atoms with E-state index in [4.69, 9.17) is 15.0 Å². The smallest absolute Gasteiger partial charge is 0.307 e. The van der Waals surface area contributed by atoms with Crippen LogP contribution in [-0.4, -0.2) is 33.5 Å². The lowest BCUT2D eigenvalue weighted by Crippen LogP contribution is -1.99. The lowest BCUT2D eigenvalue weighted by molar-refractivity contribution is -0.136. The van der Waals surface area contributed by atoms with Crippen LogP contribution in [0.3, 0.4) is 0 Å². The van der Waals surface area contributed by atoms with Gasteiger partial charge in [0.1, 0.15) is 5.75 Å². The second-order valence-electron chi connectivity index (χ2n) is 3.10. The largest absolute Gasteiger partial charge is 0.507 e. The zero-order chi connectivity index (χ0) is 13.4. The van der Waals surface area contributed by atoms with Crippen molar-refractivity contribution in [3.63, 3.8) is 0 Å². The van der Waals surface area contributed by atoms with Crippen LogP contribution in [0.25, 0.3) is 0 Å². The Hall–Kier alpha value is -2.37. The predicted molar refractivity (Wildman–Crippen MR) is 58.1 cm³/mol. The Kier molecular flexibility index (Phi) is 6.02. The molecule has 6 nitrogen and oxygen atoms in total. The lowest BCUT2D eigenvalue weighted by atomic mass is 10.1. The summed E-state index contributed by atoms with van der Waals surface area (Å²) in [6, 6.07) is 4.16.